The van der Waals surface area contributed by atoms with E-state index in [0.29, 0.717) is 17.4 Å². The van der Waals surface area contributed by atoms with Crippen LogP contribution in [0.15, 0.2) is 52.9 Å². The smallest absolute Gasteiger partial charge is 0.170 e. The molecule has 4 rings (SSSR count). The van der Waals surface area contributed by atoms with Crippen molar-refractivity contribution in [1.82, 2.24) is 5.32 Å². The van der Waals surface area contributed by atoms with Crippen molar-refractivity contribution < 1.29 is 8.81 Å². The number of fused-ring (bicyclic) bond motifs is 1. The summed E-state index contributed by atoms with van der Waals surface area (Å²) in [6.45, 7) is 0.902. The summed E-state index contributed by atoms with van der Waals surface area (Å²) in [5, 5.41) is 4.28. The first-order valence-corrected chi connectivity index (χ1v) is 7.30. The zero-order valence-corrected chi connectivity index (χ0v) is 11.6. The lowest BCUT2D eigenvalue weighted by Gasteiger charge is -2.03. The van der Waals surface area contributed by atoms with Gasteiger partial charge in [-0.1, -0.05) is 36.4 Å². The molecule has 1 N–H and O–H groups in total. The van der Waals surface area contributed by atoms with Crippen LogP contribution >= 0.6 is 0 Å². The molecular formula is C18H16FNO. The van der Waals surface area contributed by atoms with Gasteiger partial charge in [0.25, 0.3) is 0 Å². The van der Waals surface area contributed by atoms with Gasteiger partial charge in [-0.2, -0.15) is 0 Å². The second-order valence-electron chi connectivity index (χ2n) is 5.62. The molecule has 3 aromatic rings. The molecule has 0 atom stereocenters. The van der Waals surface area contributed by atoms with Crippen molar-refractivity contribution in [2.75, 3.05) is 0 Å². The summed E-state index contributed by atoms with van der Waals surface area (Å²) in [6.07, 6.45) is 2.59. The molecule has 1 aromatic heterocycles. The summed E-state index contributed by atoms with van der Waals surface area (Å²) < 4.78 is 19.3. The Morgan fingerprint density at radius 1 is 1.10 bits per heavy atom. The minimum Gasteiger partial charge on any atom is -0.453 e. The fourth-order valence-corrected chi connectivity index (χ4v) is 2.51. The van der Waals surface area contributed by atoms with Gasteiger partial charge >= 0.3 is 0 Å². The minimum atomic E-state index is -0.316. The molecule has 1 saturated carbocycles. The molecule has 0 spiro atoms. The molecule has 0 unspecified atom stereocenters. The molecule has 21 heavy (non-hydrogen) atoms. The van der Waals surface area contributed by atoms with Crippen LogP contribution in [0.3, 0.4) is 0 Å². The highest BCUT2D eigenvalue weighted by Crippen LogP contribution is 2.29. The first-order valence-electron chi connectivity index (χ1n) is 7.30. The van der Waals surface area contributed by atoms with E-state index in [1.165, 1.54) is 24.5 Å². The van der Waals surface area contributed by atoms with Crippen molar-refractivity contribution in [3.63, 3.8) is 0 Å². The number of nitrogens with one attached hydrogen (secondary N) is 1. The van der Waals surface area contributed by atoms with E-state index in [9.17, 15) is 4.39 Å². The van der Waals surface area contributed by atoms with Crippen molar-refractivity contribution in [2.45, 2.75) is 25.4 Å². The van der Waals surface area contributed by atoms with Gasteiger partial charge in [-0.25, -0.2) is 4.39 Å². The molecule has 0 saturated heterocycles. The minimum absolute atomic E-state index is 0.316. The average Bonchev–Trinajstić information content (AvgIpc) is 3.23. The van der Waals surface area contributed by atoms with Crippen LogP contribution in [-0.2, 0) is 6.54 Å². The maximum Gasteiger partial charge on any atom is 0.170 e. The van der Waals surface area contributed by atoms with Crippen molar-refractivity contribution in [1.29, 1.82) is 0 Å². The Balaban J connectivity index is 1.60. The second kappa shape index (κ2) is 5.01. The molecule has 1 aliphatic carbocycles. The second-order valence-corrected chi connectivity index (χ2v) is 5.62. The van der Waals surface area contributed by atoms with E-state index in [-0.39, 0.29) is 5.82 Å². The van der Waals surface area contributed by atoms with E-state index in [1.807, 2.05) is 24.3 Å². The fraction of sp³-hybridized carbons (Fsp3) is 0.222. The Morgan fingerprint density at radius 3 is 2.62 bits per heavy atom. The summed E-state index contributed by atoms with van der Waals surface area (Å²) in [5.74, 6) is 0.390. The number of hydrogen-bond acceptors (Lipinski definition) is 2. The Labute approximate surface area is 122 Å². The highest BCUT2D eigenvalue weighted by molar-refractivity contribution is 5.83. The van der Waals surface area contributed by atoms with Crippen LogP contribution in [-0.4, -0.2) is 6.04 Å². The summed E-state index contributed by atoms with van der Waals surface area (Å²) in [7, 11) is 0. The molecular weight excluding hydrogens is 265 g/mol. The molecule has 3 heteroatoms. The first kappa shape index (κ1) is 12.6. The van der Waals surface area contributed by atoms with E-state index in [4.69, 9.17) is 4.42 Å². The van der Waals surface area contributed by atoms with E-state index in [0.717, 1.165) is 17.5 Å². The van der Waals surface area contributed by atoms with Crippen LogP contribution in [0.1, 0.15) is 18.4 Å². The van der Waals surface area contributed by atoms with Crippen molar-refractivity contribution in [2.24, 2.45) is 0 Å². The van der Waals surface area contributed by atoms with E-state index >= 15 is 0 Å². The summed E-state index contributed by atoms with van der Waals surface area (Å²) in [6, 6.07) is 15.8. The zero-order chi connectivity index (χ0) is 14.2. The van der Waals surface area contributed by atoms with Gasteiger partial charge in [0.1, 0.15) is 5.76 Å². The Bertz CT molecular complexity index is 772. The van der Waals surface area contributed by atoms with Crippen LogP contribution in [0.25, 0.3) is 22.3 Å². The van der Waals surface area contributed by atoms with Gasteiger partial charge in [0.05, 0.1) is 0 Å². The van der Waals surface area contributed by atoms with E-state index < -0.39 is 0 Å². The van der Waals surface area contributed by atoms with Gasteiger partial charge in [0, 0.05) is 23.5 Å². The van der Waals surface area contributed by atoms with Gasteiger partial charge in [-0.15, -0.1) is 0 Å². The van der Waals surface area contributed by atoms with Gasteiger partial charge < -0.3 is 9.73 Å². The third-order valence-electron chi connectivity index (χ3n) is 3.91. The van der Waals surface area contributed by atoms with Gasteiger partial charge in [0.2, 0.25) is 0 Å². The van der Waals surface area contributed by atoms with Crippen LogP contribution in [0.2, 0.25) is 0 Å². The Kier molecular flexibility index (Phi) is 3.00. The summed E-state index contributed by atoms with van der Waals surface area (Å²) >= 11 is 0. The quantitative estimate of drug-likeness (QED) is 0.762. The highest BCUT2D eigenvalue weighted by atomic mass is 19.1. The third kappa shape index (κ3) is 2.57. The maximum atomic E-state index is 13.7. The predicted molar refractivity (Wildman–Crippen MR) is 81.5 cm³/mol. The summed E-state index contributed by atoms with van der Waals surface area (Å²) in [5.41, 5.74) is 2.56. The lowest BCUT2D eigenvalue weighted by Crippen LogP contribution is -2.14. The molecule has 0 aliphatic heterocycles. The molecule has 1 heterocycles. The monoisotopic (exact) mass is 281 g/mol. The number of furan rings is 1. The van der Waals surface area contributed by atoms with Crippen molar-refractivity contribution in [3.05, 3.63) is 59.9 Å². The van der Waals surface area contributed by atoms with Gasteiger partial charge in [0.15, 0.2) is 11.4 Å². The van der Waals surface area contributed by atoms with Crippen LogP contribution in [0.5, 0.6) is 0 Å². The van der Waals surface area contributed by atoms with Gasteiger partial charge in [-0.05, 0) is 30.5 Å². The molecule has 2 nitrogen and oxygen atoms in total. The maximum absolute atomic E-state index is 13.7. The lowest BCUT2D eigenvalue weighted by molar-refractivity contribution is 0.569. The summed E-state index contributed by atoms with van der Waals surface area (Å²) in [4.78, 5) is 0. The topological polar surface area (TPSA) is 25.2 Å². The first-order chi connectivity index (χ1) is 10.3. The number of halogens is 1. The Hall–Kier alpha value is -2.13. The number of rotatable bonds is 4. The SMILES string of the molecule is Fc1cccc2cc(-c3ccc(CNC4CC4)cc3)oc12. The molecule has 1 fully saturated rings. The largest absolute Gasteiger partial charge is 0.453 e. The molecule has 106 valence electrons. The number of hydrogen-bond donors (Lipinski definition) is 1. The molecule has 0 amide bonds. The molecule has 1 aliphatic rings. The van der Waals surface area contributed by atoms with Crippen molar-refractivity contribution in [3.8, 4) is 11.3 Å². The van der Waals surface area contributed by atoms with Crippen LogP contribution < -0.4 is 5.32 Å². The molecule has 0 bridgehead atoms. The van der Waals surface area contributed by atoms with Crippen LogP contribution in [0.4, 0.5) is 4.39 Å². The normalized spacial score (nSPS) is 14.7. The zero-order valence-electron chi connectivity index (χ0n) is 11.6. The third-order valence-corrected chi connectivity index (χ3v) is 3.91. The fourth-order valence-electron chi connectivity index (χ4n) is 2.51. The Morgan fingerprint density at radius 2 is 1.90 bits per heavy atom. The van der Waals surface area contributed by atoms with Crippen LogP contribution in [0, 0.1) is 5.82 Å². The number of para-hydroxylation sites is 1. The highest BCUT2D eigenvalue weighted by Gasteiger charge is 2.19. The molecule has 2 aromatic carbocycles. The molecule has 0 radical (unpaired) electrons. The van der Waals surface area contributed by atoms with Crippen molar-refractivity contribution >= 4 is 11.0 Å². The number of benzene rings is 2. The standard InChI is InChI=1S/C18H16FNO/c19-16-3-1-2-14-10-17(21-18(14)16)13-6-4-12(5-7-13)11-20-15-8-9-15/h1-7,10,15,20H,8-9,11H2. The average molecular weight is 281 g/mol. The van der Waals surface area contributed by atoms with E-state index in [2.05, 4.69) is 17.4 Å². The van der Waals surface area contributed by atoms with E-state index in [1.54, 1.807) is 6.07 Å². The predicted octanol–water partition coefficient (Wildman–Crippen LogP) is 4.49. The lowest BCUT2D eigenvalue weighted by atomic mass is 10.1. The van der Waals surface area contributed by atoms with Gasteiger partial charge in [-0.3, -0.25) is 0 Å².